The molecule has 98 valence electrons. The van der Waals surface area contributed by atoms with Crippen LogP contribution in [0.5, 0.6) is 0 Å². The van der Waals surface area contributed by atoms with Crippen molar-refractivity contribution in [2.45, 2.75) is 18.9 Å². The molecule has 0 aromatic heterocycles. The molecule has 4 nitrogen and oxygen atoms in total. The van der Waals surface area contributed by atoms with E-state index in [0.717, 1.165) is 23.7 Å². The number of hydrogen-bond donors (Lipinski definition) is 2. The van der Waals surface area contributed by atoms with Crippen molar-refractivity contribution < 1.29 is 4.79 Å². The number of anilines is 1. The third kappa shape index (κ3) is 3.23. The number of carbonyl (C=O) groups is 1. The second kappa shape index (κ2) is 5.40. The standard InChI is InChI=1S/C14H21N3O/c1-17(2)12-7-5-11(6-8-12)13(14(15)18)16-9-10-3-4-10/h5-8,10,13,16H,3-4,9H2,1-2H3,(H2,15,18). The molecule has 0 radical (unpaired) electrons. The average Bonchev–Trinajstić information content (AvgIpc) is 3.13. The van der Waals surface area contributed by atoms with E-state index >= 15 is 0 Å². The molecule has 0 saturated heterocycles. The summed E-state index contributed by atoms with van der Waals surface area (Å²) in [5, 5.41) is 3.26. The summed E-state index contributed by atoms with van der Waals surface area (Å²) in [5.41, 5.74) is 7.51. The largest absolute Gasteiger partial charge is 0.378 e. The molecule has 1 aliphatic carbocycles. The van der Waals surface area contributed by atoms with Gasteiger partial charge in [-0.15, -0.1) is 0 Å². The molecule has 18 heavy (non-hydrogen) atoms. The Morgan fingerprint density at radius 3 is 2.44 bits per heavy atom. The molecule has 3 N–H and O–H groups in total. The summed E-state index contributed by atoms with van der Waals surface area (Å²) >= 11 is 0. The number of nitrogens with two attached hydrogens (primary N) is 1. The lowest BCUT2D eigenvalue weighted by molar-refractivity contribution is -0.120. The lowest BCUT2D eigenvalue weighted by atomic mass is 10.1. The fourth-order valence-corrected chi connectivity index (χ4v) is 1.95. The van der Waals surface area contributed by atoms with E-state index < -0.39 is 0 Å². The third-order valence-electron chi connectivity index (χ3n) is 3.33. The van der Waals surface area contributed by atoms with E-state index in [0.29, 0.717) is 0 Å². The smallest absolute Gasteiger partial charge is 0.239 e. The molecule has 1 amide bonds. The lowest BCUT2D eigenvalue weighted by Crippen LogP contribution is -2.34. The third-order valence-corrected chi connectivity index (χ3v) is 3.33. The number of nitrogens with one attached hydrogen (secondary N) is 1. The fourth-order valence-electron chi connectivity index (χ4n) is 1.95. The first kappa shape index (κ1) is 12.9. The molecule has 1 fully saturated rings. The maximum Gasteiger partial charge on any atom is 0.239 e. The van der Waals surface area contributed by atoms with Gasteiger partial charge >= 0.3 is 0 Å². The van der Waals surface area contributed by atoms with Gasteiger partial charge in [0.15, 0.2) is 0 Å². The van der Waals surface area contributed by atoms with Gasteiger partial charge in [0.05, 0.1) is 0 Å². The van der Waals surface area contributed by atoms with Crippen LogP contribution in [-0.4, -0.2) is 26.5 Å². The van der Waals surface area contributed by atoms with Crippen LogP contribution >= 0.6 is 0 Å². The minimum absolute atomic E-state index is 0.312. The van der Waals surface area contributed by atoms with Crippen LogP contribution in [0.25, 0.3) is 0 Å². The monoisotopic (exact) mass is 247 g/mol. The van der Waals surface area contributed by atoms with E-state index in [1.807, 2.05) is 43.3 Å². The molecule has 0 spiro atoms. The Balaban J connectivity index is 2.06. The van der Waals surface area contributed by atoms with E-state index in [1.165, 1.54) is 12.8 Å². The highest BCUT2D eigenvalue weighted by atomic mass is 16.1. The van der Waals surface area contributed by atoms with Crippen LogP contribution in [0.3, 0.4) is 0 Å². The number of amides is 1. The van der Waals surface area contributed by atoms with E-state index in [-0.39, 0.29) is 11.9 Å². The molecule has 0 heterocycles. The first-order chi connectivity index (χ1) is 8.58. The van der Waals surface area contributed by atoms with E-state index in [9.17, 15) is 4.79 Å². The molecule has 1 saturated carbocycles. The van der Waals surface area contributed by atoms with Gasteiger partial charge in [-0.05, 0) is 43.0 Å². The van der Waals surface area contributed by atoms with E-state index in [4.69, 9.17) is 5.73 Å². The van der Waals surface area contributed by atoms with Crippen molar-refractivity contribution in [2.24, 2.45) is 11.7 Å². The van der Waals surface area contributed by atoms with Crippen LogP contribution in [0.15, 0.2) is 24.3 Å². The number of hydrogen-bond acceptors (Lipinski definition) is 3. The number of primary amides is 1. The van der Waals surface area contributed by atoms with E-state index in [1.54, 1.807) is 0 Å². The van der Waals surface area contributed by atoms with Gasteiger partial charge in [0.1, 0.15) is 6.04 Å². The van der Waals surface area contributed by atoms with Gasteiger partial charge in [0, 0.05) is 19.8 Å². The zero-order chi connectivity index (χ0) is 13.1. The molecule has 4 heteroatoms. The zero-order valence-corrected chi connectivity index (χ0v) is 11.0. The van der Waals surface area contributed by atoms with Crippen molar-refractivity contribution in [3.8, 4) is 0 Å². The first-order valence-corrected chi connectivity index (χ1v) is 6.38. The molecule has 2 rings (SSSR count). The van der Waals surface area contributed by atoms with Gasteiger partial charge in [0.2, 0.25) is 5.91 Å². The molecule has 1 aromatic rings. The Labute approximate surface area is 108 Å². The van der Waals surface area contributed by atoms with Crippen LogP contribution in [0.1, 0.15) is 24.4 Å². The number of rotatable bonds is 6. The molecule has 0 bridgehead atoms. The maximum absolute atomic E-state index is 11.5. The summed E-state index contributed by atoms with van der Waals surface area (Å²) in [4.78, 5) is 13.5. The molecule has 0 aliphatic heterocycles. The summed E-state index contributed by atoms with van der Waals surface area (Å²) in [7, 11) is 3.98. The topological polar surface area (TPSA) is 58.4 Å². The predicted molar refractivity (Wildman–Crippen MR) is 73.4 cm³/mol. The summed E-state index contributed by atoms with van der Waals surface area (Å²) in [6.07, 6.45) is 2.52. The minimum atomic E-state index is -0.373. The van der Waals surface area contributed by atoms with Crippen LogP contribution in [0.4, 0.5) is 5.69 Å². The van der Waals surface area contributed by atoms with Crippen LogP contribution in [0.2, 0.25) is 0 Å². The highest BCUT2D eigenvalue weighted by Crippen LogP contribution is 2.28. The molecule has 1 aliphatic rings. The van der Waals surface area contributed by atoms with Gasteiger partial charge in [-0.3, -0.25) is 4.79 Å². The quantitative estimate of drug-likeness (QED) is 0.796. The summed E-state index contributed by atoms with van der Waals surface area (Å²) < 4.78 is 0. The molecule has 1 aromatic carbocycles. The maximum atomic E-state index is 11.5. The van der Waals surface area contributed by atoms with Gasteiger partial charge in [0.25, 0.3) is 0 Å². The van der Waals surface area contributed by atoms with Crippen LogP contribution in [-0.2, 0) is 4.79 Å². The van der Waals surface area contributed by atoms with Crippen molar-refractivity contribution in [3.63, 3.8) is 0 Å². The van der Waals surface area contributed by atoms with Gasteiger partial charge < -0.3 is 16.0 Å². The van der Waals surface area contributed by atoms with Gasteiger partial charge in [-0.25, -0.2) is 0 Å². The zero-order valence-electron chi connectivity index (χ0n) is 11.0. The summed E-state index contributed by atoms with van der Waals surface area (Å²) in [6, 6.07) is 7.56. The predicted octanol–water partition coefficient (Wildman–Crippen LogP) is 1.28. The van der Waals surface area contributed by atoms with Crippen molar-refractivity contribution in [2.75, 3.05) is 25.5 Å². The Morgan fingerprint density at radius 1 is 1.39 bits per heavy atom. The summed E-state index contributed by atoms with van der Waals surface area (Å²) in [5.74, 6) is 0.418. The van der Waals surface area contributed by atoms with Crippen molar-refractivity contribution in [3.05, 3.63) is 29.8 Å². The summed E-state index contributed by atoms with van der Waals surface area (Å²) in [6.45, 7) is 0.878. The number of carbonyl (C=O) groups excluding carboxylic acids is 1. The van der Waals surface area contributed by atoms with Crippen molar-refractivity contribution in [1.29, 1.82) is 0 Å². The fraction of sp³-hybridized carbons (Fsp3) is 0.500. The second-order valence-electron chi connectivity index (χ2n) is 5.17. The Kier molecular flexibility index (Phi) is 3.87. The van der Waals surface area contributed by atoms with E-state index in [2.05, 4.69) is 5.32 Å². The first-order valence-electron chi connectivity index (χ1n) is 6.38. The van der Waals surface area contributed by atoms with Crippen LogP contribution < -0.4 is 16.0 Å². The number of nitrogens with zero attached hydrogens (tertiary/aromatic N) is 1. The van der Waals surface area contributed by atoms with Crippen LogP contribution in [0, 0.1) is 5.92 Å². The van der Waals surface area contributed by atoms with Gasteiger partial charge in [-0.2, -0.15) is 0 Å². The lowest BCUT2D eigenvalue weighted by Gasteiger charge is -2.18. The normalized spacial score (nSPS) is 16.3. The average molecular weight is 247 g/mol. The molecular formula is C14H21N3O. The Bertz CT molecular complexity index is 410. The van der Waals surface area contributed by atoms with Crippen molar-refractivity contribution in [1.82, 2.24) is 5.32 Å². The Morgan fingerprint density at radius 2 is 2.00 bits per heavy atom. The molecular weight excluding hydrogens is 226 g/mol. The molecule has 1 unspecified atom stereocenters. The molecule has 1 atom stereocenters. The minimum Gasteiger partial charge on any atom is -0.378 e. The SMILES string of the molecule is CN(C)c1ccc(C(NCC2CC2)C(N)=O)cc1. The van der Waals surface area contributed by atoms with Crippen molar-refractivity contribution >= 4 is 11.6 Å². The highest BCUT2D eigenvalue weighted by Gasteiger charge is 2.24. The van der Waals surface area contributed by atoms with Gasteiger partial charge in [-0.1, -0.05) is 12.1 Å². The Hall–Kier alpha value is -1.55. The highest BCUT2D eigenvalue weighted by molar-refractivity contribution is 5.81. The second-order valence-corrected chi connectivity index (χ2v) is 5.17. The number of benzene rings is 1.